The van der Waals surface area contributed by atoms with E-state index in [9.17, 15) is 4.79 Å². The molecule has 0 aliphatic carbocycles. The molecular formula is C23H25N3O. The summed E-state index contributed by atoms with van der Waals surface area (Å²) in [5.74, 6) is 1.06. The van der Waals surface area contributed by atoms with Crippen LogP contribution in [0, 0.1) is 0 Å². The van der Waals surface area contributed by atoms with Gasteiger partial charge < -0.3 is 9.47 Å². The van der Waals surface area contributed by atoms with E-state index in [4.69, 9.17) is 4.98 Å². The smallest absolute Gasteiger partial charge is 0.152 e. The lowest BCUT2D eigenvalue weighted by molar-refractivity contribution is -0.112. The van der Waals surface area contributed by atoms with Crippen molar-refractivity contribution in [1.82, 2.24) is 14.5 Å². The number of hydrogen-bond donors (Lipinski definition) is 0. The Balaban J connectivity index is 1.83. The number of likely N-dealkylation sites (tertiary alicyclic amines) is 1. The molecule has 1 atom stereocenters. The van der Waals surface area contributed by atoms with Crippen LogP contribution in [0.25, 0.3) is 28.5 Å². The van der Waals surface area contributed by atoms with Gasteiger partial charge in [-0.3, -0.25) is 4.79 Å². The maximum Gasteiger partial charge on any atom is 0.152 e. The molecule has 138 valence electrons. The van der Waals surface area contributed by atoms with Crippen molar-refractivity contribution in [3.05, 3.63) is 60.2 Å². The molecule has 3 aromatic rings. The van der Waals surface area contributed by atoms with E-state index < -0.39 is 0 Å². The number of para-hydroxylation sites is 2. The summed E-state index contributed by atoms with van der Waals surface area (Å²) in [6.45, 7) is 3.76. The third kappa shape index (κ3) is 3.71. The average Bonchev–Trinajstić information content (AvgIpc) is 3.06. The van der Waals surface area contributed by atoms with Crippen molar-refractivity contribution in [2.24, 2.45) is 0 Å². The number of imidazole rings is 1. The Kier molecular flexibility index (Phi) is 4.90. The van der Waals surface area contributed by atoms with E-state index in [-0.39, 0.29) is 5.78 Å². The summed E-state index contributed by atoms with van der Waals surface area (Å²) in [7, 11) is 2.19. The Hall–Kier alpha value is -2.72. The minimum Gasteiger partial charge on any atom is -0.320 e. The van der Waals surface area contributed by atoms with Crippen molar-refractivity contribution in [1.29, 1.82) is 0 Å². The first-order chi connectivity index (χ1) is 13.1. The molecule has 1 aliphatic rings. The summed E-state index contributed by atoms with van der Waals surface area (Å²) >= 11 is 0. The van der Waals surface area contributed by atoms with Gasteiger partial charge in [0.05, 0.1) is 11.0 Å². The highest BCUT2D eigenvalue weighted by molar-refractivity contribution is 5.91. The van der Waals surface area contributed by atoms with Gasteiger partial charge in [-0.25, -0.2) is 4.98 Å². The van der Waals surface area contributed by atoms with E-state index in [0.29, 0.717) is 6.04 Å². The van der Waals surface area contributed by atoms with Crippen LogP contribution in [0.1, 0.15) is 31.4 Å². The van der Waals surface area contributed by atoms with Crippen LogP contribution in [0.5, 0.6) is 0 Å². The van der Waals surface area contributed by atoms with E-state index >= 15 is 0 Å². The normalized spacial score (nSPS) is 18.4. The standard InChI is InChI=1S/C23H25N3O/c1-17(27)12-13-18-7-5-8-19(15-18)23-24-21-10-3-4-11-22(21)26(23)20-9-6-14-25(2)16-20/h3-5,7-8,10-13,15,20H,6,9,14,16H2,1-2H3/b13-12+/t20-/m0/s1. The fourth-order valence-corrected chi connectivity index (χ4v) is 3.96. The number of likely N-dealkylation sites (N-methyl/N-ethyl adjacent to an activating group) is 1. The van der Waals surface area contributed by atoms with Gasteiger partial charge in [0.25, 0.3) is 0 Å². The van der Waals surface area contributed by atoms with Crippen molar-refractivity contribution in [2.45, 2.75) is 25.8 Å². The third-order valence-electron chi connectivity index (χ3n) is 5.22. The second kappa shape index (κ2) is 7.49. The van der Waals surface area contributed by atoms with Crippen LogP contribution in [0.2, 0.25) is 0 Å². The molecule has 1 saturated heterocycles. The lowest BCUT2D eigenvalue weighted by Gasteiger charge is -2.32. The molecule has 0 unspecified atom stereocenters. The van der Waals surface area contributed by atoms with Crippen molar-refractivity contribution in [3.8, 4) is 11.4 Å². The van der Waals surface area contributed by atoms with Gasteiger partial charge in [-0.2, -0.15) is 0 Å². The van der Waals surface area contributed by atoms with Crippen LogP contribution < -0.4 is 0 Å². The molecule has 1 aromatic heterocycles. The number of carbonyl (C=O) groups excluding carboxylic acids is 1. The summed E-state index contributed by atoms with van der Waals surface area (Å²) in [5.41, 5.74) is 4.33. The number of ketones is 1. The maximum atomic E-state index is 11.3. The molecule has 0 spiro atoms. The number of piperidine rings is 1. The van der Waals surface area contributed by atoms with Gasteiger partial charge in [0.15, 0.2) is 5.78 Å². The zero-order valence-electron chi connectivity index (χ0n) is 15.9. The van der Waals surface area contributed by atoms with Gasteiger partial charge in [0.1, 0.15) is 5.82 Å². The summed E-state index contributed by atoms with van der Waals surface area (Å²) in [4.78, 5) is 18.6. The fourth-order valence-electron chi connectivity index (χ4n) is 3.96. The first kappa shape index (κ1) is 17.7. The maximum absolute atomic E-state index is 11.3. The SMILES string of the molecule is CC(=O)/C=C/c1cccc(-c2nc3ccccc3n2[C@H]2CCCN(C)C2)c1. The van der Waals surface area contributed by atoms with Crippen LogP contribution in [0.4, 0.5) is 0 Å². The van der Waals surface area contributed by atoms with Crippen LogP contribution in [-0.2, 0) is 4.79 Å². The van der Waals surface area contributed by atoms with E-state index in [2.05, 4.69) is 46.8 Å². The minimum atomic E-state index is 0.0536. The van der Waals surface area contributed by atoms with E-state index in [1.807, 2.05) is 24.3 Å². The lowest BCUT2D eigenvalue weighted by atomic mass is 10.0. The molecule has 27 heavy (non-hydrogen) atoms. The number of carbonyl (C=O) groups is 1. The number of allylic oxidation sites excluding steroid dienone is 1. The average molecular weight is 359 g/mol. The number of aromatic nitrogens is 2. The summed E-state index contributed by atoms with van der Waals surface area (Å²) in [6.07, 6.45) is 5.85. The molecule has 4 nitrogen and oxygen atoms in total. The van der Waals surface area contributed by atoms with Gasteiger partial charge in [-0.15, -0.1) is 0 Å². The van der Waals surface area contributed by atoms with Crippen LogP contribution >= 0.6 is 0 Å². The first-order valence-electron chi connectivity index (χ1n) is 9.56. The predicted molar refractivity (Wildman–Crippen MR) is 111 cm³/mol. The molecule has 4 rings (SSSR count). The lowest BCUT2D eigenvalue weighted by Crippen LogP contribution is -2.33. The monoisotopic (exact) mass is 359 g/mol. The molecule has 2 aromatic carbocycles. The largest absolute Gasteiger partial charge is 0.320 e. The van der Waals surface area contributed by atoms with E-state index in [0.717, 1.165) is 35.6 Å². The summed E-state index contributed by atoms with van der Waals surface area (Å²) in [5, 5.41) is 0. The number of benzene rings is 2. The third-order valence-corrected chi connectivity index (χ3v) is 5.22. The highest BCUT2D eigenvalue weighted by Gasteiger charge is 2.24. The summed E-state index contributed by atoms with van der Waals surface area (Å²) < 4.78 is 2.42. The molecule has 1 aliphatic heterocycles. The Morgan fingerprint density at radius 3 is 2.85 bits per heavy atom. The van der Waals surface area contributed by atoms with Gasteiger partial charge in [-0.05, 0) is 63.2 Å². The number of nitrogens with zero attached hydrogens (tertiary/aromatic N) is 3. The molecule has 1 fully saturated rings. The van der Waals surface area contributed by atoms with Gasteiger partial charge in [0, 0.05) is 18.2 Å². The number of hydrogen-bond acceptors (Lipinski definition) is 3. The molecule has 0 amide bonds. The Morgan fingerprint density at radius 2 is 2.04 bits per heavy atom. The van der Waals surface area contributed by atoms with Crippen molar-refractivity contribution >= 4 is 22.9 Å². The first-order valence-corrected chi connectivity index (χ1v) is 9.56. The van der Waals surface area contributed by atoms with Crippen molar-refractivity contribution in [2.75, 3.05) is 20.1 Å². The molecule has 2 heterocycles. The molecule has 0 saturated carbocycles. The molecule has 4 heteroatoms. The van der Waals surface area contributed by atoms with Crippen molar-refractivity contribution < 1.29 is 4.79 Å². The van der Waals surface area contributed by atoms with Crippen LogP contribution in [0.3, 0.4) is 0 Å². The van der Waals surface area contributed by atoms with Crippen molar-refractivity contribution in [3.63, 3.8) is 0 Å². The quantitative estimate of drug-likeness (QED) is 0.640. The summed E-state index contributed by atoms with van der Waals surface area (Å²) in [6, 6.07) is 17.1. The molecule has 0 bridgehead atoms. The highest BCUT2D eigenvalue weighted by Crippen LogP contribution is 2.32. The minimum absolute atomic E-state index is 0.0536. The number of rotatable bonds is 4. The van der Waals surface area contributed by atoms with E-state index in [1.54, 1.807) is 13.0 Å². The van der Waals surface area contributed by atoms with Gasteiger partial charge >= 0.3 is 0 Å². The second-order valence-corrected chi connectivity index (χ2v) is 7.42. The Bertz CT molecular complexity index is 1000. The van der Waals surface area contributed by atoms with Crippen LogP contribution in [-0.4, -0.2) is 40.4 Å². The number of fused-ring (bicyclic) bond motifs is 1. The van der Waals surface area contributed by atoms with E-state index in [1.165, 1.54) is 18.4 Å². The fraction of sp³-hybridized carbons (Fsp3) is 0.304. The predicted octanol–water partition coefficient (Wildman–Crippen LogP) is 4.57. The topological polar surface area (TPSA) is 38.1 Å². The van der Waals surface area contributed by atoms with Crippen LogP contribution in [0.15, 0.2) is 54.6 Å². The van der Waals surface area contributed by atoms with Gasteiger partial charge in [0.2, 0.25) is 0 Å². The van der Waals surface area contributed by atoms with Gasteiger partial charge in [-0.1, -0.05) is 36.4 Å². The zero-order valence-corrected chi connectivity index (χ0v) is 15.9. The Labute approximate surface area is 160 Å². The highest BCUT2D eigenvalue weighted by atomic mass is 16.1. The molecule has 0 N–H and O–H groups in total. The zero-order chi connectivity index (χ0) is 18.8. The molecule has 0 radical (unpaired) electrons. The Morgan fingerprint density at radius 1 is 1.19 bits per heavy atom. The second-order valence-electron chi connectivity index (χ2n) is 7.42. The molecular weight excluding hydrogens is 334 g/mol.